The SMILES string of the molecule is C=CCNC(=O)[C@@H](Cc1ccccc1)N(Cc1ccc(OC)cc1)C(=O)CCc1ccc(S(=O)(=O)NCC)cc1. The van der Waals surface area contributed by atoms with Gasteiger partial charge in [-0.3, -0.25) is 9.59 Å². The summed E-state index contributed by atoms with van der Waals surface area (Å²) in [6.07, 6.45) is 2.50. The molecule has 8 nitrogen and oxygen atoms in total. The monoisotopic (exact) mass is 563 g/mol. The van der Waals surface area contributed by atoms with Gasteiger partial charge in [-0.15, -0.1) is 6.58 Å². The van der Waals surface area contributed by atoms with Crippen molar-refractivity contribution in [2.45, 2.75) is 43.7 Å². The van der Waals surface area contributed by atoms with Crippen LogP contribution in [0.2, 0.25) is 0 Å². The van der Waals surface area contributed by atoms with Crippen LogP contribution in [0.4, 0.5) is 0 Å². The Hall–Kier alpha value is -3.95. The average Bonchev–Trinajstić information content (AvgIpc) is 2.97. The summed E-state index contributed by atoms with van der Waals surface area (Å²) in [6, 6.07) is 22.8. The van der Waals surface area contributed by atoms with E-state index in [9.17, 15) is 18.0 Å². The van der Waals surface area contributed by atoms with Crippen LogP contribution in [0.3, 0.4) is 0 Å². The van der Waals surface area contributed by atoms with E-state index in [1.54, 1.807) is 37.1 Å². The van der Waals surface area contributed by atoms with Crippen LogP contribution in [0.25, 0.3) is 0 Å². The third-order valence-corrected chi connectivity index (χ3v) is 7.96. The number of carbonyl (C=O) groups is 2. The molecule has 2 amide bonds. The lowest BCUT2D eigenvalue weighted by molar-refractivity contribution is -0.141. The van der Waals surface area contributed by atoms with Gasteiger partial charge in [0.25, 0.3) is 0 Å². The number of hydrogen-bond acceptors (Lipinski definition) is 5. The van der Waals surface area contributed by atoms with E-state index in [1.165, 1.54) is 12.1 Å². The van der Waals surface area contributed by atoms with Crippen LogP contribution in [-0.4, -0.2) is 51.4 Å². The predicted molar refractivity (Wildman–Crippen MR) is 156 cm³/mol. The number of hydrogen-bond donors (Lipinski definition) is 2. The summed E-state index contributed by atoms with van der Waals surface area (Å²) >= 11 is 0. The van der Waals surface area contributed by atoms with Gasteiger partial charge in [-0.1, -0.05) is 67.6 Å². The molecule has 0 fully saturated rings. The van der Waals surface area contributed by atoms with E-state index in [0.29, 0.717) is 25.1 Å². The number of rotatable bonds is 15. The van der Waals surface area contributed by atoms with Gasteiger partial charge in [0.05, 0.1) is 12.0 Å². The summed E-state index contributed by atoms with van der Waals surface area (Å²) < 4.78 is 32.2. The Balaban J connectivity index is 1.86. The van der Waals surface area contributed by atoms with E-state index < -0.39 is 16.1 Å². The summed E-state index contributed by atoms with van der Waals surface area (Å²) in [7, 11) is -1.97. The van der Waals surface area contributed by atoms with Gasteiger partial charge in [0.1, 0.15) is 11.8 Å². The highest BCUT2D eigenvalue weighted by molar-refractivity contribution is 7.89. The molecule has 3 aromatic carbocycles. The molecule has 0 aliphatic heterocycles. The summed E-state index contributed by atoms with van der Waals surface area (Å²) in [5.74, 6) is 0.254. The maximum absolute atomic E-state index is 13.8. The van der Waals surface area contributed by atoms with Crippen molar-refractivity contribution in [1.82, 2.24) is 14.9 Å². The second kappa shape index (κ2) is 15.0. The Labute approximate surface area is 237 Å². The van der Waals surface area contributed by atoms with E-state index in [4.69, 9.17) is 4.74 Å². The van der Waals surface area contributed by atoms with E-state index in [-0.39, 0.29) is 36.2 Å². The van der Waals surface area contributed by atoms with Gasteiger partial charge < -0.3 is 15.0 Å². The highest BCUT2D eigenvalue weighted by Gasteiger charge is 2.30. The molecule has 0 bridgehead atoms. The van der Waals surface area contributed by atoms with Gasteiger partial charge in [0.2, 0.25) is 21.8 Å². The number of aryl methyl sites for hydroxylation is 1. The molecule has 0 aliphatic rings. The lowest BCUT2D eigenvalue weighted by Crippen LogP contribution is -2.50. The first kappa shape index (κ1) is 30.6. The van der Waals surface area contributed by atoms with Crippen LogP contribution in [0, 0.1) is 0 Å². The maximum Gasteiger partial charge on any atom is 0.243 e. The van der Waals surface area contributed by atoms with Gasteiger partial charge in [-0.05, 0) is 47.4 Å². The maximum atomic E-state index is 13.8. The van der Waals surface area contributed by atoms with Crippen molar-refractivity contribution in [1.29, 1.82) is 0 Å². The van der Waals surface area contributed by atoms with Crippen molar-refractivity contribution < 1.29 is 22.7 Å². The molecule has 0 heterocycles. The molecule has 1 atom stereocenters. The van der Waals surface area contributed by atoms with E-state index in [1.807, 2.05) is 54.6 Å². The normalized spacial score (nSPS) is 11.8. The lowest BCUT2D eigenvalue weighted by Gasteiger charge is -2.31. The first-order valence-electron chi connectivity index (χ1n) is 13.2. The van der Waals surface area contributed by atoms with Gasteiger partial charge in [-0.25, -0.2) is 13.1 Å². The molecule has 3 rings (SSSR count). The Morgan fingerprint density at radius 2 is 1.60 bits per heavy atom. The molecule has 9 heteroatoms. The minimum Gasteiger partial charge on any atom is -0.497 e. The van der Waals surface area contributed by atoms with Crippen molar-refractivity contribution in [3.8, 4) is 5.75 Å². The van der Waals surface area contributed by atoms with E-state index in [0.717, 1.165) is 16.7 Å². The van der Waals surface area contributed by atoms with Crippen molar-refractivity contribution in [2.75, 3.05) is 20.2 Å². The number of nitrogens with zero attached hydrogens (tertiary/aromatic N) is 1. The predicted octanol–water partition coefficient (Wildman–Crippen LogP) is 3.87. The Kier molecular flexibility index (Phi) is 11.5. The summed E-state index contributed by atoms with van der Waals surface area (Å²) in [4.78, 5) is 28.9. The molecule has 0 saturated heterocycles. The molecule has 0 radical (unpaired) electrons. The fourth-order valence-electron chi connectivity index (χ4n) is 4.28. The Morgan fingerprint density at radius 1 is 0.950 bits per heavy atom. The van der Waals surface area contributed by atoms with Crippen LogP contribution in [-0.2, 0) is 39.0 Å². The Bertz CT molecular complexity index is 1360. The minimum atomic E-state index is -3.56. The van der Waals surface area contributed by atoms with Gasteiger partial charge in [0.15, 0.2) is 0 Å². The number of methoxy groups -OCH3 is 1. The minimum absolute atomic E-state index is 0.148. The molecule has 0 aliphatic carbocycles. The van der Waals surface area contributed by atoms with E-state index >= 15 is 0 Å². The number of nitrogens with one attached hydrogen (secondary N) is 2. The van der Waals surface area contributed by atoms with Crippen LogP contribution < -0.4 is 14.8 Å². The average molecular weight is 564 g/mol. The molecule has 212 valence electrons. The molecule has 0 spiro atoms. The molecule has 40 heavy (non-hydrogen) atoms. The van der Waals surface area contributed by atoms with Gasteiger partial charge >= 0.3 is 0 Å². The van der Waals surface area contributed by atoms with Crippen molar-refractivity contribution in [3.05, 3.63) is 108 Å². The molecule has 0 unspecified atom stereocenters. The highest BCUT2D eigenvalue weighted by atomic mass is 32.2. The zero-order chi connectivity index (χ0) is 29.0. The van der Waals surface area contributed by atoms with Crippen molar-refractivity contribution in [3.63, 3.8) is 0 Å². The molecule has 0 aromatic heterocycles. The van der Waals surface area contributed by atoms with Crippen molar-refractivity contribution >= 4 is 21.8 Å². The fraction of sp³-hybridized carbons (Fsp3) is 0.290. The van der Waals surface area contributed by atoms with Crippen LogP contribution >= 0.6 is 0 Å². The van der Waals surface area contributed by atoms with Crippen LogP contribution in [0.5, 0.6) is 5.75 Å². The Morgan fingerprint density at radius 3 is 2.20 bits per heavy atom. The molecule has 2 N–H and O–H groups in total. The smallest absolute Gasteiger partial charge is 0.243 e. The first-order valence-corrected chi connectivity index (χ1v) is 14.7. The standard InChI is InChI=1S/C31H37N3O5S/c1-4-21-32-31(36)29(22-25-9-7-6-8-10-25)34(23-26-11-16-27(39-3)17-12-26)30(35)20-15-24-13-18-28(19-14-24)40(37,38)33-5-2/h4,6-14,16-19,29,33H,1,5,15,20-23H2,2-3H3,(H,32,36)/t29-/m1/s1. The van der Waals surface area contributed by atoms with Crippen LogP contribution in [0.15, 0.2) is 96.4 Å². The summed E-state index contributed by atoms with van der Waals surface area (Å²) in [6.45, 7) is 6.23. The van der Waals surface area contributed by atoms with Crippen molar-refractivity contribution in [2.24, 2.45) is 0 Å². The molecule has 0 saturated carbocycles. The number of benzene rings is 3. The first-order chi connectivity index (χ1) is 19.3. The third kappa shape index (κ3) is 8.79. The quantitative estimate of drug-likeness (QED) is 0.273. The zero-order valence-electron chi connectivity index (χ0n) is 23.0. The van der Waals surface area contributed by atoms with Gasteiger partial charge in [0, 0.05) is 32.5 Å². The highest BCUT2D eigenvalue weighted by Crippen LogP contribution is 2.19. The summed E-state index contributed by atoms with van der Waals surface area (Å²) in [5, 5.41) is 2.86. The number of ether oxygens (including phenoxy) is 1. The zero-order valence-corrected chi connectivity index (χ0v) is 23.8. The molecule has 3 aromatic rings. The number of amides is 2. The fourth-order valence-corrected chi connectivity index (χ4v) is 5.32. The topological polar surface area (TPSA) is 105 Å². The van der Waals surface area contributed by atoms with E-state index in [2.05, 4.69) is 16.6 Å². The molecular formula is C31H37N3O5S. The summed E-state index contributed by atoms with van der Waals surface area (Å²) in [5.41, 5.74) is 2.62. The lowest BCUT2D eigenvalue weighted by atomic mass is 10.0. The third-order valence-electron chi connectivity index (χ3n) is 6.40. The second-order valence-corrected chi connectivity index (χ2v) is 11.0. The molecular weight excluding hydrogens is 526 g/mol. The number of sulfonamides is 1. The second-order valence-electron chi connectivity index (χ2n) is 9.25. The van der Waals surface area contributed by atoms with Gasteiger partial charge in [-0.2, -0.15) is 0 Å². The largest absolute Gasteiger partial charge is 0.497 e. The number of carbonyl (C=O) groups excluding carboxylic acids is 2. The van der Waals surface area contributed by atoms with Crippen LogP contribution in [0.1, 0.15) is 30.0 Å².